The van der Waals surface area contributed by atoms with Gasteiger partial charge in [0.2, 0.25) is 0 Å². The van der Waals surface area contributed by atoms with Crippen LogP contribution in [0.5, 0.6) is 0 Å². The number of anilines is 1. The van der Waals surface area contributed by atoms with Gasteiger partial charge in [-0.3, -0.25) is 0 Å². The molecule has 0 atom stereocenters. The van der Waals surface area contributed by atoms with Crippen molar-refractivity contribution in [2.24, 2.45) is 0 Å². The lowest BCUT2D eigenvalue weighted by atomic mass is 10.1. The van der Waals surface area contributed by atoms with Crippen molar-refractivity contribution in [3.8, 4) is 0 Å². The van der Waals surface area contributed by atoms with Gasteiger partial charge < -0.3 is 20.4 Å². The molecule has 1 aromatic rings. The Hall–Kier alpha value is -1.60. The minimum absolute atomic E-state index is 0.0629. The number of urea groups is 1. The van der Waals surface area contributed by atoms with Crippen LogP contribution in [0.3, 0.4) is 0 Å². The van der Waals surface area contributed by atoms with Crippen molar-refractivity contribution < 1.29 is 19.8 Å². The highest BCUT2D eigenvalue weighted by atomic mass is 79.9. The Bertz CT molecular complexity index is 526. The molecule has 7 heteroatoms. The molecule has 1 aromatic carbocycles. The van der Waals surface area contributed by atoms with Gasteiger partial charge in [-0.2, -0.15) is 0 Å². The first-order valence-corrected chi connectivity index (χ1v) is 6.67. The molecule has 0 bridgehead atoms. The fourth-order valence-electron chi connectivity index (χ4n) is 1.64. The summed E-state index contributed by atoms with van der Waals surface area (Å²) in [6.07, 6.45) is 0. The first-order valence-electron chi connectivity index (χ1n) is 5.87. The number of aliphatic hydroxyl groups is 1. The number of hydrogen-bond donors (Lipinski definition) is 3. The van der Waals surface area contributed by atoms with E-state index in [-0.39, 0.29) is 12.1 Å². The number of halogens is 1. The summed E-state index contributed by atoms with van der Waals surface area (Å²) >= 11 is 3.13. The number of amides is 2. The molecule has 20 heavy (non-hydrogen) atoms. The third-order valence-corrected chi connectivity index (χ3v) is 3.11. The summed E-state index contributed by atoms with van der Waals surface area (Å²) in [6.45, 7) is 3.35. The zero-order valence-electron chi connectivity index (χ0n) is 11.5. The van der Waals surface area contributed by atoms with E-state index in [2.05, 4.69) is 21.2 Å². The summed E-state index contributed by atoms with van der Waals surface area (Å²) in [4.78, 5) is 24.2. The van der Waals surface area contributed by atoms with Gasteiger partial charge in [0.15, 0.2) is 0 Å². The van der Waals surface area contributed by atoms with E-state index in [1.807, 2.05) is 0 Å². The second-order valence-corrected chi connectivity index (χ2v) is 5.95. The second kappa shape index (κ2) is 6.23. The monoisotopic (exact) mass is 344 g/mol. The van der Waals surface area contributed by atoms with Crippen LogP contribution in [0.2, 0.25) is 0 Å². The molecule has 0 aliphatic carbocycles. The normalized spacial score (nSPS) is 11.1. The molecule has 0 spiro atoms. The largest absolute Gasteiger partial charge is 0.478 e. The molecule has 0 saturated carbocycles. The van der Waals surface area contributed by atoms with Crippen LogP contribution in [0.15, 0.2) is 22.7 Å². The smallest absolute Gasteiger partial charge is 0.336 e. The molecular weight excluding hydrogens is 328 g/mol. The number of carboxylic acids is 1. The van der Waals surface area contributed by atoms with Gasteiger partial charge in [0.05, 0.1) is 17.7 Å². The highest BCUT2D eigenvalue weighted by molar-refractivity contribution is 9.10. The molecule has 6 nitrogen and oxygen atoms in total. The summed E-state index contributed by atoms with van der Waals surface area (Å²) in [5.74, 6) is -1.09. The van der Waals surface area contributed by atoms with Gasteiger partial charge in [0, 0.05) is 17.2 Å². The van der Waals surface area contributed by atoms with E-state index >= 15 is 0 Å². The van der Waals surface area contributed by atoms with Gasteiger partial charge in [-0.15, -0.1) is 0 Å². The SMILES string of the molecule is CN(CC(C)(C)O)C(=O)Nc1ccc(Br)c(C(=O)O)c1. The molecule has 0 heterocycles. The number of carbonyl (C=O) groups is 2. The Morgan fingerprint density at radius 1 is 1.40 bits per heavy atom. The van der Waals surface area contributed by atoms with Crippen molar-refractivity contribution >= 4 is 33.6 Å². The van der Waals surface area contributed by atoms with Gasteiger partial charge in [0.25, 0.3) is 0 Å². The van der Waals surface area contributed by atoms with E-state index in [0.717, 1.165) is 0 Å². The molecule has 0 unspecified atom stereocenters. The molecule has 1 rings (SSSR count). The predicted octanol–water partition coefficient (Wildman–Crippen LogP) is 2.38. The molecule has 0 aromatic heterocycles. The molecule has 0 fully saturated rings. The Morgan fingerprint density at radius 2 is 2.00 bits per heavy atom. The molecule has 110 valence electrons. The number of carboxylic acid groups (broad SMARTS) is 1. The van der Waals surface area contributed by atoms with Crippen molar-refractivity contribution in [2.45, 2.75) is 19.4 Å². The van der Waals surface area contributed by atoms with E-state index < -0.39 is 17.6 Å². The van der Waals surface area contributed by atoms with Gasteiger partial charge in [0.1, 0.15) is 0 Å². The molecule has 0 aliphatic rings. The van der Waals surface area contributed by atoms with Crippen LogP contribution >= 0.6 is 15.9 Å². The van der Waals surface area contributed by atoms with Crippen LogP contribution in [-0.4, -0.2) is 46.3 Å². The summed E-state index contributed by atoms with van der Waals surface area (Å²) in [5, 5.41) is 21.2. The first-order chi connectivity index (χ1) is 9.10. The molecule has 0 radical (unpaired) electrons. The van der Waals surface area contributed by atoms with Crippen LogP contribution < -0.4 is 5.32 Å². The third kappa shape index (κ3) is 4.82. The Balaban J connectivity index is 2.81. The van der Waals surface area contributed by atoms with Gasteiger partial charge in [-0.1, -0.05) is 0 Å². The highest BCUT2D eigenvalue weighted by Gasteiger charge is 2.19. The minimum atomic E-state index is -1.09. The lowest BCUT2D eigenvalue weighted by Crippen LogP contribution is -2.41. The summed E-state index contributed by atoms with van der Waals surface area (Å²) in [5.41, 5.74) is -0.566. The minimum Gasteiger partial charge on any atom is -0.478 e. The number of aromatic carboxylic acids is 1. The number of nitrogens with one attached hydrogen (secondary N) is 1. The average molecular weight is 345 g/mol. The van der Waals surface area contributed by atoms with E-state index in [9.17, 15) is 14.7 Å². The van der Waals surface area contributed by atoms with Gasteiger partial charge >= 0.3 is 12.0 Å². The van der Waals surface area contributed by atoms with E-state index in [1.165, 1.54) is 11.0 Å². The molecule has 0 saturated heterocycles. The number of likely N-dealkylation sites (N-methyl/N-ethyl adjacent to an activating group) is 1. The highest BCUT2D eigenvalue weighted by Crippen LogP contribution is 2.21. The maximum absolute atomic E-state index is 11.9. The van der Waals surface area contributed by atoms with Crippen LogP contribution in [0, 0.1) is 0 Å². The number of benzene rings is 1. The number of nitrogens with zero attached hydrogens (tertiary/aromatic N) is 1. The number of hydrogen-bond acceptors (Lipinski definition) is 3. The lowest BCUT2D eigenvalue weighted by Gasteiger charge is -2.25. The van der Waals surface area contributed by atoms with Gasteiger partial charge in [-0.05, 0) is 48.0 Å². The lowest BCUT2D eigenvalue weighted by molar-refractivity contribution is 0.0550. The van der Waals surface area contributed by atoms with Crippen LogP contribution in [0.4, 0.5) is 10.5 Å². The van der Waals surface area contributed by atoms with Crippen molar-refractivity contribution in [1.82, 2.24) is 4.90 Å². The first kappa shape index (κ1) is 16.5. The zero-order valence-corrected chi connectivity index (χ0v) is 13.1. The predicted molar refractivity (Wildman–Crippen MR) is 79.0 cm³/mol. The molecule has 0 aliphatic heterocycles. The van der Waals surface area contributed by atoms with Crippen molar-refractivity contribution in [2.75, 3.05) is 18.9 Å². The third-order valence-electron chi connectivity index (χ3n) is 2.42. The van der Waals surface area contributed by atoms with Crippen molar-refractivity contribution in [3.63, 3.8) is 0 Å². The van der Waals surface area contributed by atoms with Crippen LogP contribution in [0.1, 0.15) is 24.2 Å². The maximum Gasteiger partial charge on any atom is 0.336 e. The summed E-state index contributed by atoms with van der Waals surface area (Å²) in [7, 11) is 1.55. The number of rotatable bonds is 4. The van der Waals surface area contributed by atoms with E-state index in [0.29, 0.717) is 10.2 Å². The van der Waals surface area contributed by atoms with Gasteiger partial charge in [-0.25, -0.2) is 9.59 Å². The number of carbonyl (C=O) groups excluding carboxylic acids is 1. The average Bonchev–Trinajstić information content (AvgIpc) is 2.28. The summed E-state index contributed by atoms with van der Waals surface area (Å²) < 4.78 is 0.438. The molecule has 3 N–H and O–H groups in total. The van der Waals surface area contributed by atoms with E-state index in [4.69, 9.17) is 5.11 Å². The Morgan fingerprint density at radius 3 is 2.50 bits per heavy atom. The summed E-state index contributed by atoms with van der Waals surface area (Å²) in [6, 6.07) is 4.08. The fourth-order valence-corrected chi connectivity index (χ4v) is 2.05. The quantitative estimate of drug-likeness (QED) is 0.782. The van der Waals surface area contributed by atoms with Crippen molar-refractivity contribution in [3.05, 3.63) is 28.2 Å². The zero-order chi connectivity index (χ0) is 15.5. The van der Waals surface area contributed by atoms with Crippen LogP contribution in [-0.2, 0) is 0 Å². The maximum atomic E-state index is 11.9. The second-order valence-electron chi connectivity index (χ2n) is 5.10. The Labute approximate surface area is 125 Å². The van der Waals surface area contributed by atoms with E-state index in [1.54, 1.807) is 33.0 Å². The van der Waals surface area contributed by atoms with Crippen LogP contribution in [0.25, 0.3) is 0 Å². The Kier molecular flexibility index (Phi) is 5.13. The molecule has 2 amide bonds. The molecular formula is C13H17BrN2O4. The van der Waals surface area contributed by atoms with Crippen molar-refractivity contribution in [1.29, 1.82) is 0 Å². The standard InChI is InChI=1S/C13H17BrN2O4/c1-13(2,20)7-16(3)12(19)15-8-4-5-10(14)9(6-8)11(17)18/h4-6,20H,7H2,1-3H3,(H,15,19)(H,17,18). The topological polar surface area (TPSA) is 89.9 Å². The fraction of sp³-hybridized carbons (Fsp3) is 0.385.